The maximum Gasteiger partial charge on any atom is 0.377 e. The van der Waals surface area contributed by atoms with E-state index in [1.807, 2.05) is 0 Å². The molecule has 1 heterocycles. The highest BCUT2D eigenvalue weighted by Crippen LogP contribution is 2.26. The van der Waals surface area contributed by atoms with Gasteiger partial charge >= 0.3 is 17.7 Å². The molecular weight excluding hydrogens is 397 g/mol. The van der Waals surface area contributed by atoms with E-state index in [2.05, 4.69) is 10.4 Å². The minimum Gasteiger partial charge on any atom is -0.478 e. The molecule has 3 aromatic rings. The molecule has 0 saturated carbocycles. The van der Waals surface area contributed by atoms with Crippen LogP contribution in [0.15, 0.2) is 47.3 Å². The van der Waals surface area contributed by atoms with Crippen LogP contribution in [0.4, 0.5) is 10.5 Å². The third kappa shape index (κ3) is 3.42. The van der Waals surface area contributed by atoms with E-state index in [1.54, 1.807) is 6.07 Å². The van der Waals surface area contributed by atoms with Crippen LogP contribution in [0.1, 0.15) is 10.4 Å². The summed E-state index contributed by atoms with van der Waals surface area (Å²) >= 11 is 12.1. The van der Waals surface area contributed by atoms with E-state index < -0.39 is 17.7 Å². The third-order valence-corrected chi connectivity index (χ3v) is 4.29. The predicted octanol–water partition coefficient (Wildman–Crippen LogP) is 2.54. The fourth-order valence-electron chi connectivity index (χ4n) is 2.30. The van der Waals surface area contributed by atoms with Crippen molar-refractivity contribution in [1.82, 2.24) is 19.8 Å². The summed E-state index contributed by atoms with van der Waals surface area (Å²) in [7, 11) is 1.37. The normalized spacial score (nSPS) is 10.6. The van der Waals surface area contributed by atoms with Gasteiger partial charge in [0, 0.05) is 12.7 Å². The molecule has 3 rings (SSSR count). The molecule has 27 heavy (non-hydrogen) atoms. The molecule has 0 atom stereocenters. The fraction of sp³-hybridized carbons (Fsp3) is 0.0625. The molecular formula is C16H11Cl2N5O4. The van der Waals surface area contributed by atoms with E-state index in [1.165, 1.54) is 43.4 Å². The largest absolute Gasteiger partial charge is 0.478 e. The van der Waals surface area contributed by atoms with Gasteiger partial charge in [-0.15, -0.1) is 4.68 Å². The Morgan fingerprint density at radius 2 is 1.70 bits per heavy atom. The predicted molar refractivity (Wildman–Crippen MR) is 98.2 cm³/mol. The summed E-state index contributed by atoms with van der Waals surface area (Å²) in [5, 5.41) is 16.6. The quantitative estimate of drug-likeness (QED) is 0.667. The van der Waals surface area contributed by atoms with Gasteiger partial charge in [-0.2, -0.15) is 4.68 Å². The second kappa shape index (κ2) is 7.22. The van der Waals surface area contributed by atoms with Crippen LogP contribution in [0, 0.1) is 0 Å². The van der Waals surface area contributed by atoms with Gasteiger partial charge in [-0.25, -0.2) is 14.4 Å². The number of aromatic nitrogens is 4. The number of carbonyl (C=O) groups is 2. The minimum absolute atomic E-state index is 0.00833. The highest BCUT2D eigenvalue weighted by Gasteiger charge is 2.22. The molecule has 11 heteroatoms. The Bertz CT molecular complexity index is 1090. The molecule has 0 radical (unpaired) electrons. The summed E-state index contributed by atoms with van der Waals surface area (Å²) in [6.45, 7) is 0. The molecule has 9 nitrogen and oxygen atoms in total. The lowest BCUT2D eigenvalue weighted by molar-refractivity contribution is 0.0697. The molecule has 0 aliphatic carbocycles. The molecule has 0 aliphatic heterocycles. The number of rotatable bonds is 3. The first kappa shape index (κ1) is 18.6. The summed E-state index contributed by atoms with van der Waals surface area (Å²) in [5.74, 6) is -1.14. The number of anilines is 1. The number of amides is 1. The first-order valence-electron chi connectivity index (χ1n) is 7.42. The molecule has 0 fully saturated rings. The Labute approximate surface area is 161 Å². The molecule has 1 amide bonds. The fourth-order valence-corrected chi connectivity index (χ4v) is 2.86. The maximum atomic E-state index is 12.6. The molecule has 0 aliphatic rings. The molecule has 0 unspecified atom stereocenters. The zero-order valence-electron chi connectivity index (χ0n) is 13.7. The van der Waals surface area contributed by atoms with Crippen molar-refractivity contribution in [2.24, 2.45) is 0 Å². The lowest BCUT2D eigenvalue weighted by atomic mass is 10.2. The van der Waals surface area contributed by atoms with Crippen LogP contribution in [0.2, 0.25) is 10.0 Å². The van der Waals surface area contributed by atoms with Crippen LogP contribution in [-0.2, 0) is 0 Å². The van der Waals surface area contributed by atoms with E-state index >= 15 is 0 Å². The first-order valence-corrected chi connectivity index (χ1v) is 8.17. The van der Waals surface area contributed by atoms with Gasteiger partial charge in [0.15, 0.2) is 0 Å². The molecule has 0 bridgehead atoms. The summed E-state index contributed by atoms with van der Waals surface area (Å²) in [5.41, 5.74) is -0.528. The molecule has 138 valence electrons. The van der Waals surface area contributed by atoms with Gasteiger partial charge in [0.1, 0.15) is 5.69 Å². The smallest absolute Gasteiger partial charge is 0.377 e. The van der Waals surface area contributed by atoms with Crippen LogP contribution in [0.3, 0.4) is 0 Å². The van der Waals surface area contributed by atoms with Crippen LogP contribution in [-0.4, -0.2) is 43.9 Å². The Hall–Kier alpha value is -3.17. The number of nitrogens with zero attached hydrogens (tertiary/aromatic N) is 5. The van der Waals surface area contributed by atoms with Crippen LogP contribution < -0.4 is 10.6 Å². The average Bonchev–Trinajstić information content (AvgIpc) is 3.02. The molecule has 1 N–H and O–H groups in total. The first-order chi connectivity index (χ1) is 12.8. The number of carbonyl (C=O) groups excluding carboxylic acids is 1. The number of para-hydroxylation sites is 1. The number of halogens is 2. The van der Waals surface area contributed by atoms with E-state index in [9.17, 15) is 14.4 Å². The van der Waals surface area contributed by atoms with Crippen molar-refractivity contribution in [3.05, 3.63) is 68.6 Å². The van der Waals surface area contributed by atoms with Crippen molar-refractivity contribution in [1.29, 1.82) is 0 Å². The summed E-state index contributed by atoms with van der Waals surface area (Å²) in [6, 6.07) is 9.46. The SMILES string of the molecule is CN(C(=O)n1nnn(-c2c(Cl)cccc2Cl)c1=O)c1cccc(C(=O)O)c1. The van der Waals surface area contributed by atoms with Gasteiger partial charge in [0.25, 0.3) is 0 Å². The lowest BCUT2D eigenvalue weighted by Crippen LogP contribution is -2.39. The van der Waals surface area contributed by atoms with Crippen molar-refractivity contribution in [2.75, 3.05) is 11.9 Å². The summed E-state index contributed by atoms with van der Waals surface area (Å²) < 4.78 is 1.33. The van der Waals surface area contributed by atoms with Crippen molar-refractivity contribution >= 4 is 40.9 Å². The standard InChI is InChI=1S/C16H11Cl2N5O4/c1-21(10-5-2-4-9(8-10)14(24)25)15(26)23-16(27)22(19-20-23)13-11(17)6-3-7-12(13)18/h2-8H,1H3,(H,24,25). The van der Waals surface area contributed by atoms with E-state index in [-0.39, 0.29) is 27.0 Å². The van der Waals surface area contributed by atoms with Crippen molar-refractivity contribution in [3.63, 3.8) is 0 Å². The van der Waals surface area contributed by atoms with E-state index in [0.717, 1.165) is 9.58 Å². The van der Waals surface area contributed by atoms with Gasteiger partial charge in [-0.1, -0.05) is 35.3 Å². The lowest BCUT2D eigenvalue weighted by Gasteiger charge is -2.16. The van der Waals surface area contributed by atoms with Crippen LogP contribution in [0.5, 0.6) is 0 Å². The topological polar surface area (TPSA) is 110 Å². The van der Waals surface area contributed by atoms with Gasteiger partial charge < -0.3 is 5.11 Å². The van der Waals surface area contributed by atoms with Crippen molar-refractivity contribution in [3.8, 4) is 5.69 Å². The van der Waals surface area contributed by atoms with Gasteiger partial charge in [0.05, 0.1) is 15.6 Å². The number of hydrogen-bond acceptors (Lipinski definition) is 5. The zero-order valence-corrected chi connectivity index (χ0v) is 15.2. The molecule has 0 spiro atoms. The van der Waals surface area contributed by atoms with Gasteiger partial charge in [-0.05, 0) is 40.8 Å². The Morgan fingerprint density at radius 1 is 1.07 bits per heavy atom. The van der Waals surface area contributed by atoms with Crippen molar-refractivity contribution in [2.45, 2.75) is 0 Å². The number of benzene rings is 2. The number of aromatic carboxylic acids is 1. The Kier molecular flexibility index (Phi) is 4.98. The Balaban J connectivity index is 2.00. The van der Waals surface area contributed by atoms with Crippen LogP contribution in [0.25, 0.3) is 5.69 Å². The monoisotopic (exact) mass is 407 g/mol. The average molecular weight is 408 g/mol. The number of carboxylic acid groups (broad SMARTS) is 1. The summed E-state index contributed by atoms with van der Waals surface area (Å²) in [4.78, 5) is 37.3. The minimum atomic E-state index is -1.14. The highest BCUT2D eigenvalue weighted by molar-refractivity contribution is 6.37. The number of hydrogen-bond donors (Lipinski definition) is 1. The second-order valence-corrected chi connectivity index (χ2v) is 6.17. The highest BCUT2D eigenvalue weighted by atomic mass is 35.5. The summed E-state index contributed by atoms with van der Waals surface area (Å²) in [6.07, 6.45) is 0. The second-order valence-electron chi connectivity index (χ2n) is 5.35. The van der Waals surface area contributed by atoms with E-state index in [4.69, 9.17) is 28.3 Å². The molecule has 0 saturated heterocycles. The van der Waals surface area contributed by atoms with Gasteiger partial charge in [0.2, 0.25) is 0 Å². The molecule has 1 aromatic heterocycles. The van der Waals surface area contributed by atoms with Gasteiger partial charge in [-0.3, -0.25) is 4.90 Å². The van der Waals surface area contributed by atoms with Crippen LogP contribution >= 0.6 is 23.2 Å². The third-order valence-electron chi connectivity index (χ3n) is 3.68. The van der Waals surface area contributed by atoms with E-state index in [0.29, 0.717) is 4.68 Å². The Morgan fingerprint density at radius 3 is 2.33 bits per heavy atom. The zero-order chi connectivity index (χ0) is 19.7. The van der Waals surface area contributed by atoms with Crippen molar-refractivity contribution < 1.29 is 14.7 Å². The number of tetrazole rings is 1. The maximum absolute atomic E-state index is 12.6. The number of carboxylic acids is 1. The molecule has 2 aromatic carbocycles.